The van der Waals surface area contributed by atoms with E-state index in [0.717, 1.165) is 0 Å². The highest BCUT2D eigenvalue weighted by Crippen LogP contribution is 2.30. The number of halogens is 3. The molecule has 17 heavy (non-hydrogen) atoms. The first-order valence-electron chi connectivity index (χ1n) is 4.44. The van der Waals surface area contributed by atoms with Gasteiger partial charge in [0.1, 0.15) is 15.1 Å². The molecule has 1 heterocycles. The molecule has 0 unspecified atom stereocenters. The van der Waals surface area contributed by atoms with Crippen molar-refractivity contribution in [2.45, 2.75) is 0 Å². The molecule has 0 aliphatic heterocycles. The predicted molar refractivity (Wildman–Crippen MR) is 71.7 cm³/mol. The number of aromatic amines is 1. The van der Waals surface area contributed by atoms with Crippen LogP contribution >= 0.6 is 38.5 Å². The van der Waals surface area contributed by atoms with Crippen molar-refractivity contribution in [3.05, 3.63) is 48.7 Å². The van der Waals surface area contributed by atoms with Gasteiger partial charge < -0.3 is 9.72 Å². The molecule has 1 aromatic carbocycles. The molecule has 0 saturated heterocycles. The molecule has 7 heteroatoms. The Balaban J connectivity index is 2.41. The van der Waals surface area contributed by atoms with Crippen LogP contribution in [0.5, 0.6) is 11.6 Å². The molecule has 0 bridgehead atoms. The Morgan fingerprint density at radius 3 is 3.00 bits per heavy atom. The molecular weight excluding hydrogens is 406 g/mol. The lowest BCUT2D eigenvalue weighted by atomic mass is 10.3. The number of H-pyrrole nitrogens is 1. The SMILES string of the molecule is O=c1[nH]cnc(Oc2cc(F)ccc2Br)c1I. The van der Waals surface area contributed by atoms with Crippen molar-refractivity contribution in [2.75, 3.05) is 0 Å². The molecule has 1 N–H and O–H groups in total. The van der Waals surface area contributed by atoms with E-state index in [1.54, 1.807) is 0 Å². The van der Waals surface area contributed by atoms with Crippen LogP contribution in [0.2, 0.25) is 0 Å². The van der Waals surface area contributed by atoms with E-state index < -0.39 is 5.82 Å². The minimum Gasteiger partial charge on any atom is -0.436 e. The molecule has 0 saturated carbocycles. The van der Waals surface area contributed by atoms with Crippen molar-refractivity contribution in [3.63, 3.8) is 0 Å². The van der Waals surface area contributed by atoms with Gasteiger partial charge in [-0.2, -0.15) is 0 Å². The Labute approximate surface area is 117 Å². The first-order chi connectivity index (χ1) is 8.08. The highest BCUT2D eigenvalue weighted by atomic mass is 127. The summed E-state index contributed by atoms with van der Waals surface area (Å²) >= 11 is 5.03. The van der Waals surface area contributed by atoms with Gasteiger partial charge in [0.25, 0.3) is 5.56 Å². The zero-order valence-corrected chi connectivity index (χ0v) is 12.0. The molecule has 0 fully saturated rings. The molecule has 0 atom stereocenters. The van der Waals surface area contributed by atoms with Crippen molar-refractivity contribution in [2.24, 2.45) is 0 Å². The third-order valence-electron chi connectivity index (χ3n) is 1.86. The first kappa shape index (κ1) is 12.5. The lowest BCUT2D eigenvalue weighted by molar-refractivity contribution is 0.449. The fourth-order valence-corrected chi connectivity index (χ4v) is 1.83. The Bertz CT molecular complexity index is 617. The van der Waals surface area contributed by atoms with Gasteiger partial charge in [0.2, 0.25) is 5.88 Å². The molecule has 0 aliphatic rings. The number of nitrogens with zero attached hydrogens (tertiary/aromatic N) is 1. The molecule has 4 nitrogen and oxygen atoms in total. The van der Waals surface area contributed by atoms with Crippen LogP contribution in [-0.2, 0) is 0 Å². The van der Waals surface area contributed by atoms with E-state index in [1.807, 2.05) is 22.6 Å². The van der Waals surface area contributed by atoms with E-state index in [4.69, 9.17) is 4.74 Å². The Hall–Kier alpha value is -0.960. The van der Waals surface area contributed by atoms with Crippen LogP contribution in [0.4, 0.5) is 4.39 Å². The fraction of sp³-hybridized carbons (Fsp3) is 0. The van der Waals surface area contributed by atoms with Crippen LogP contribution in [0.15, 0.2) is 33.8 Å². The van der Waals surface area contributed by atoms with Crippen LogP contribution in [0.25, 0.3) is 0 Å². The summed E-state index contributed by atoms with van der Waals surface area (Å²) in [6, 6.07) is 4.03. The number of rotatable bonds is 2. The molecule has 2 rings (SSSR count). The van der Waals surface area contributed by atoms with Gasteiger partial charge in [-0.15, -0.1) is 0 Å². The molecule has 88 valence electrons. The van der Waals surface area contributed by atoms with Gasteiger partial charge in [0.05, 0.1) is 10.8 Å². The smallest absolute Gasteiger partial charge is 0.268 e. The number of benzene rings is 1. The number of ether oxygens (including phenoxy) is 1. The van der Waals surface area contributed by atoms with Crippen molar-refractivity contribution in [3.8, 4) is 11.6 Å². The second-order valence-electron chi connectivity index (χ2n) is 3.03. The summed E-state index contributed by atoms with van der Waals surface area (Å²) in [7, 11) is 0. The number of aromatic nitrogens is 2. The molecule has 2 aromatic rings. The first-order valence-corrected chi connectivity index (χ1v) is 6.31. The number of hydrogen-bond acceptors (Lipinski definition) is 3. The summed E-state index contributed by atoms with van der Waals surface area (Å²) in [5, 5.41) is 0. The number of hydrogen-bond donors (Lipinski definition) is 1. The summed E-state index contributed by atoms with van der Waals surface area (Å²) < 4.78 is 19.3. The average Bonchev–Trinajstić information content (AvgIpc) is 2.30. The lowest BCUT2D eigenvalue weighted by Crippen LogP contribution is -2.11. The maximum absolute atomic E-state index is 13.0. The highest BCUT2D eigenvalue weighted by Gasteiger charge is 2.10. The zero-order chi connectivity index (χ0) is 12.4. The Morgan fingerprint density at radius 1 is 1.47 bits per heavy atom. The van der Waals surface area contributed by atoms with Gasteiger partial charge in [0.15, 0.2) is 0 Å². The summed E-state index contributed by atoms with van der Waals surface area (Å²) in [6.07, 6.45) is 1.23. The van der Waals surface area contributed by atoms with Gasteiger partial charge in [-0.25, -0.2) is 9.37 Å². The van der Waals surface area contributed by atoms with E-state index in [0.29, 0.717) is 8.04 Å². The molecular formula is C10H5BrFIN2O2. The normalized spacial score (nSPS) is 10.3. The standard InChI is InChI=1S/C10H5BrFIN2O2/c11-6-2-1-5(12)3-7(6)17-10-8(13)9(16)14-4-15-10/h1-4H,(H,14,15,16). The van der Waals surface area contributed by atoms with Gasteiger partial charge in [-0.1, -0.05) is 0 Å². The molecule has 0 radical (unpaired) electrons. The third kappa shape index (κ3) is 2.83. The average molecular weight is 411 g/mol. The second-order valence-corrected chi connectivity index (χ2v) is 4.96. The van der Waals surface area contributed by atoms with Crippen LogP contribution in [0, 0.1) is 9.39 Å². The van der Waals surface area contributed by atoms with Crippen LogP contribution in [-0.4, -0.2) is 9.97 Å². The van der Waals surface area contributed by atoms with Crippen molar-refractivity contribution >= 4 is 38.5 Å². The molecule has 0 aliphatic carbocycles. The van der Waals surface area contributed by atoms with Crippen LogP contribution in [0.1, 0.15) is 0 Å². The Kier molecular flexibility index (Phi) is 3.77. The van der Waals surface area contributed by atoms with Crippen molar-refractivity contribution in [1.29, 1.82) is 0 Å². The minimum atomic E-state index is -0.428. The Morgan fingerprint density at radius 2 is 2.24 bits per heavy atom. The molecule has 0 spiro atoms. The van der Waals surface area contributed by atoms with Crippen molar-refractivity contribution < 1.29 is 9.13 Å². The largest absolute Gasteiger partial charge is 0.436 e. The van der Waals surface area contributed by atoms with E-state index in [1.165, 1.54) is 24.5 Å². The van der Waals surface area contributed by atoms with Gasteiger partial charge in [-0.05, 0) is 50.7 Å². The monoisotopic (exact) mass is 410 g/mol. The molecule has 1 aromatic heterocycles. The maximum atomic E-state index is 13.0. The quantitative estimate of drug-likeness (QED) is 0.774. The predicted octanol–water partition coefficient (Wildman–Crippen LogP) is 3.07. The zero-order valence-electron chi connectivity index (χ0n) is 8.21. The van der Waals surface area contributed by atoms with E-state index in [2.05, 4.69) is 25.9 Å². The van der Waals surface area contributed by atoms with Gasteiger partial charge >= 0.3 is 0 Å². The van der Waals surface area contributed by atoms with E-state index in [-0.39, 0.29) is 17.2 Å². The van der Waals surface area contributed by atoms with E-state index >= 15 is 0 Å². The summed E-state index contributed by atoms with van der Waals surface area (Å²) in [4.78, 5) is 17.6. The second kappa shape index (κ2) is 5.13. The van der Waals surface area contributed by atoms with Crippen LogP contribution < -0.4 is 10.3 Å². The maximum Gasteiger partial charge on any atom is 0.268 e. The van der Waals surface area contributed by atoms with Gasteiger partial charge in [0, 0.05) is 6.07 Å². The number of nitrogens with one attached hydrogen (secondary N) is 1. The fourth-order valence-electron chi connectivity index (χ4n) is 1.10. The third-order valence-corrected chi connectivity index (χ3v) is 3.47. The summed E-state index contributed by atoms with van der Waals surface area (Å²) in [5.74, 6) is -0.0234. The summed E-state index contributed by atoms with van der Waals surface area (Å²) in [5.41, 5.74) is -0.303. The summed E-state index contributed by atoms with van der Waals surface area (Å²) in [6.45, 7) is 0. The van der Waals surface area contributed by atoms with Gasteiger partial charge in [-0.3, -0.25) is 4.79 Å². The topological polar surface area (TPSA) is 55.0 Å². The molecule has 0 amide bonds. The van der Waals surface area contributed by atoms with Crippen molar-refractivity contribution in [1.82, 2.24) is 9.97 Å². The highest BCUT2D eigenvalue weighted by molar-refractivity contribution is 14.1. The van der Waals surface area contributed by atoms with E-state index in [9.17, 15) is 9.18 Å². The minimum absolute atomic E-state index is 0.139. The van der Waals surface area contributed by atoms with Crippen LogP contribution in [0.3, 0.4) is 0 Å². The lowest BCUT2D eigenvalue weighted by Gasteiger charge is -2.07.